The van der Waals surface area contributed by atoms with E-state index in [1.165, 1.54) is 0 Å². The average molecular weight is 253 g/mol. The van der Waals surface area contributed by atoms with Crippen LogP contribution >= 0.6 is 0 Å². The first-order valence-electron chi connectivity index (χ1n) is 7.20. The molecule has 0 saturated carbocycles. The van der Waals surface area contributed by atoms with Crippen molar-refractivity contribution in [2.75, 3.05) is 39.8 Å². The molecule has 2 aliphatic heterocycles. The first-order chi connectivity index (χ1) is 8.45. The number of likely N-dealkylation sites (tertiary alicyclic amines) is 1. The number of carbonyl (C=O) groups excluding carboxylic acids is 1. The SMILES string of the molecule is CC(C)N1CCN(C(=O)C2(C)CCCN2C)CC1. The van der Waals surface area contributed by atoms with Crippen molar-refractivity contribution in [3.63, 3.8) is 0 Å². The molecule has 4 nitrogen and oxygen atoms in total. The van der Waals surface area contributed by atoms with Crippen LogP contribution in [-0.2, 0) is 4.79 Å². The maximum absolute atomic E-state index is 12.7. The molecule has 1 atom stereocenters. The van der Waals surface area contributed by atoms with Crippen molar-refractivity contribution in [2.45, 2.75) is 45.2 Å². The van der Waals surface area contributed by atoms with Crippen LogP contribution in [0.25, 0.3) is 0 Å². The predicted molar refractivity (Wildman–Crippen MR) is 73.6 cm³/mol. The molecule has 2 fully saturated rings. The van der Waals surface area contributed by atoms with Crippen LogP contribution in [-0.4, -0.2) is 72.0 Å². The highest BCUT2D eigenvalue weighted by Gasteiger charge is 2.43. The first-order valence-corrected chi connectivity index (χ1v) is 7.20. The van der Waals surface area contributed by atoms with Gasteiger partial charge < -0.3 is 4.90 Å². The van der Waals surface area contributed by atoms with Gasteiger partial charge in [-0.15, -0.1) is 0 Å². The van der Waals surface area contributed by atoms with Crippen LogP contribution in [0.4, 0.5) is 0 Å². The van der Waals surface area contributed by atoms with Crippen molar-refractivity contribution in [1.82, 2.24) is 14.7 Å². The van der Waals surface area contributed by atoms with E-state index in [0.29, 0.717) is 11.9 Å². The summed E-state index contributed by atoms with van der Waals surface area (Å²) in [4.78, 5) is 19.4. The Hall–Kier alpha value is -0.610. The van der Waals surface area contributed by atoms with Gasteiger partial charge in [0, 0.05) is 32.2 Å². The molecule has 18 heavy (non-hydrogen) atoms. The van der Waals surface area contributed by atoms with Crippen LogP contribution in [0.3, 0.4) is 0 Å². The Morgan fingerprint density at radius 3 is 2.17 bits per heavy atom. The van der Waals surface area contributed by atoms with Crippen LogP contribution in [0.15, 0.2) is 0 Å². The molecular formula is C14H27N3O. The maximum atomic E-state index is 12.7. The van der Waals surface area contributed by atoms with E-state index in [1.807, 2.05) is 0 Å². The fourth-order valence-corrected chi connectivity index (χ4v) is 3.15. The largest absolute Gasteiger partial charge is 0.339 e. The summed E-state index contributed by atoms with van der Waals surface area (Å²) >= 11 is 0. The fourth-order valence-electron chi connectivity index (χ4n) is 3.15. The molecule has 0 aromatic rings. The van der Waals surface area contributed by atoms with E-state index >= 15 is 0 Å². The molecular weight excluding hydrogens is 226 g/mol. The van der Waals surface area contributed by atoms with Crippen molar-refractivity contribution in [3.05, 3.63) is 0 Å². The molecule has 2 rings (SSSR count). The smallest absolute Gasteiger partial charge is 0.242 e. The summed E-state index contributed by atoms with van der Waals surface area (Å²) in [6.07, 6.45) is 2.15. The van der Waals surface area contributed by atoms with Crippen molar-refractivity contribution in [3.8, 4) is 0 Å². The Bertz CT molecular complexity index is 310. The lowest BCUT2D eigenvalue weighted by atomic mass is 9.96. The molecule has 0 N–H and O–H groups in total. The van der Waals surface area contributed by atoms with Crippen LogP contribution in [0, 0.1) is 0 Å². The number of amides is 1. The Morgan fingerprint density at radius 1 is 1.11 bits per heavy atom. The Kier molecular flexibility index (Phi) is 3.97. The quantitative estimate of drug-likeness (QED) is 0.735. The second kappa shape index (κ2) is 5.17. The number of hydrogen-bond acceptors (Lipinski definition) is 3. The summed E-state index contributed by atoms with van der Waals surface area (Å²) in [5, 5.41) is 0. The Labute approximate surface area is 111 Å². The highest BCUT2D eigenvalue weighted by molar-refractivity contribution is 5.86. The second-order valence-corrected chi connectivity index (χ2v) is 6.22. The van der Waals surface area contributed by atoms with Crippen LogP contribution in [0.2, 0.25) is 0 Å². The van der Waals surface area contributed by atoms with Gasteiger partial charge in [-0.2, -0.15) is 0 Å². The highest BCUT2D eigenvalue weighted by atomic mass is 16.2. The molecule has 0 radical (unpaired) electrons. The normalized spacial score (nSPS) is 31.3. The van der Waals surface area contributed by atoms with Gasteiger partial charge in [-0.25, -0.2) is 0 Å². The lowest BCUT2D eigenvalue weighted by Crippen LogP contribution is -2.58. The average Bonchev–Trinajstić information content (AvgIpc) is 2.70. The summed E-state index contributed by atoms with van der Waals surface area (Å²) in [7, 11) is 2.08. The fraction of sp³-hybridized carbons (Fsp3) is 0.929. The van der Waals surface area contributed by atoms with Crippen LogP contribution in [0.5, 0.6) is 0 Å². The number of piperazine rings is 1. The van der Waals surface area contributed by atoms with Crippen LogP contribution in [0.1, 0.15) is 33.6 Å². The number of likely N-dealkylation sites (N-methyl/N-ethyl adjacent to an activating group) is 1. The van der Waals surface area contributed by atoms with E-state index in [2.05, 4.69) is 42.5 Å². The minimum atomic E-state index is -0.250. The lowest BCUT2D eigenvalue weighted by Gasteiger charge is -2.41. The molecule has 1 unspecified atom stereocenters. The topological polar surface area (TPSA) is 26.8 Å². The van der Waals surface area contributed by atoms with E-state index in [1.54, 1.807) is 0 Å². The summed E-state index contributed by atoms with van der Waals surface area (Å²) in [6, 6.07) is 0.590. The van der Waals surface area contributed by atoms with Gasteiger partial charge in [-0.05, 0) is 47.2 Å². The third kappa shape index (κ3) is 2.41. The summed E-state index contributed by atoms with van der Waals surface area (Å²) in [6.45, 7) is 11.4. The number of carbonyl (C=O) groups is 1. The molecule has 104 valence electrons. The summed E-state index contributed by atoms with van der Waals surface area (Å²) < 4.78 is 0. The Balaban J connectivity index is 1.95. The predicted octanol–water partition coefficient (Wildman–Crippen LogP) is 1.02. The zero-order chi connectivity index (χ0) is 13.3. The van der Waals surface area contributed by atoms with Gasteiger partial charge in [0.15, 0.2) is 0 Å². The molecule has 2 saturated heterocycles. The molecule has 0 aromatic carbocycles. The van der Waals surface area contributed by atoms with E-state index in [4.69, 9.17) is 0 Å². The third-order valence-electron chi connectivity index (χ3n) is 4.79. The van der Waals surface area contributed by atoms with Gasteiger partial charge in [0.2, 0.25) is 5.91 Å². The minimum absolute atomic E-state index is 0.250. The summed E-state index contributed by atoms with van der Waals surface area (Å²) in [5.41, 5.74) is -0.250. The van der Waals surface area contributed by atoms with Gasteiger partial charge in [0.25, 0.3) is 0 Å². The molecule has 0 aromatic heterocycles. The van der Waals surface area contributed by atoms with Crippen molar-refractivity contribution in [1.29, 1.82) is 0 Å². The van der Waals surface area contributed by atoms with Crippen molar-refractivity contribution >= 4 is 5.91 Å². The van der Waals surface area contributed by atoms with E-state index in [0.717, 1.165) is 45.6 Å². The maximum Gasteiger partial charge on any atom is 0.242 e. The van der Waals surface area contributed by atoms with E-state index in [9.17, 15) is 4.79 Å². The standard InChI is InChI=1S/C14H27N3O/c1-12(2)16-8-10-17(11-9-16)13(18)14(3)6-5-7-15(14)4/h12H,5-11H2,1-4H3. The van der Waals surface area contributed by atoms with Crippen LogP contribution < -0.4 is 0 Å². The zero-order valence-corrected chi connectivity index (χ0v) is 12.3. The minimum Gasteiger partial charge on any atom is -0.339 e. The van der Waals surface area contributed by atoms with Gasteiger partial charge in [-0.3, -0.25) is 14.6 Å². The molecule has 1 amide bonds. The molecule has 2 heterocycles. The highest BCUT2D eigenvalue weighted by Crippen LogP contribution is 2.29. The van der Waals surface area contributed by atoms with E-state index in [-0.39, 0.29) is 5.54 Å². The molecule has 2 aliphatic rings. The summed E-state index contributed by atoms with van der Waals surface area (Å²) in [5.74, 6) is 0.339. The third-order valence-corrected chi connectivity index (χ3v) is 4.79. The van der Waals surface area contributed by atoms with Crippen molar-refractivity contribution in [2.24, 2.45) is 0 Å². The second-order valence-electron chi connectivity index (χ2n) is 6.22. The van der Waals surface area contributed by atoms with Gasteiger partial charge in [0.1, 0.15) is 0 Å². The van der Waals surface area contributed by atoms with Gasteiger partial charge in [0.05, 0.1) is 5.54 Å². The zero-order valence-electron chi connectivity index (χ0n) is 12.3. The number of hydrogen-bond donors (Lipinski definition) is 0. The Morgan fingerprint density at radius 2 is 1.72 bits per heavy atom. The first kappa shape index (κ1) is 13.8. The molecule has 0 bridgehead atoms. The number of rotatable bonds is 2. The molecule has 0 spiro atoms. The van der Waals surface area contributed by atoms with Gasteiger partial charge in [-0.1, -0.05) is 0 Å². The van der Waals surface area contributed by atoms with Crippen molar-refractivity contribution < 1.29 is 4.79 Å². The lowest BCUT2D eigenvalue weighted by molar-refractivity contribution is -0.143. The molecule has 4 heteroatoms. The monoisotopic (exact) mass is 253 g/mol. The van der Waals surface area contributed by atoms with Gasteiger partial charge >= 0.3 is 0 Å². The van der Waals surface area contributed by atoms with E-state index < -0.39 is 0 Å². The molecule has 0 aliphatic carbocycles. The number of nitrogens with zero attached hydrogens (tertiary/aromatic N) is 3.